The molecule has 3 aromatic rings. The number of aromatic amines is 1. The number of aromatic nitrogens is 4. The summed E-state index contributed by atoms with van der Waals surface area (Å²) in [5.74, 6) is 1.30. The molecule has 0 amide bonds. The van der Waals surface area contributed by atoms with E-state index >= 15 is 0 Å². The average Bonchev–Trinajstić information content (AvgIpc) is 2.84. The van der Waals surface area contributed by atoms with Gasteiger partial charge in [0.05, 0.1) is 24.1 Å². The zero-order valence-corrected chi connectivity index (χ0v) is 11.1. The van der Waals surface area contributed by atoms with Crippen LogP contribution < -0.4 is 10.5 Å². The first-order chi connectivity index (χ1) is 9.63. The Kier molecular flexibility index (Phi) is 2.94. The minimum absolute atomic E-state index is 0.248. The van der Waals surface area contributed by atoms with E-state index in [9.17, 15) is 4.79 Å². The Morgan fingerprint density at radius 1 is 1.35 bits per heavy atom. The first-order valence-electron chi connectivity index (χ1n) is 6.10. The van der Waals surface area contributed by atoms with Crippen molar-refractivity contribution in [2.45, 2.75) is 13.5 Å². The van der Waals surface area contributed by atoms with E-state index in [4.69, 9.17) is 4.42 Å². The van der Waals surface area contributed by atoms with Crippen molar-refractivity contribution in [1.29, 1.82) is 0 Å². The molecule has 7 nitrogen and oxygen atoms in total. The molecule has 3 heterocycles. The number of oxazole rings is 1. The predicted molar refractivity (Wildman–Crippen MR) is 73.5 cm³/mol. The minimum Gasteiger partial charge on any atom is -0.449 e. The number of pyridine rings is 1. The van der Waals surface area contributed by atoms with Crippen LogP contribution in [0.4, 0.5) is 5.82 Å². The third kappa shape index (κ3) is 2.25. The summed E-state index contributed by atoms with van der Waals surface area (Å²) in [5, 5.41) is 0. The van der Waals surface area contributed by atoms with Crippen LogP contribution >= 0.6 is 0 Å². The second-order valence-corrected chi connectivity index (χ2v) is 4.48. The third-order valence-electron chi connectivity index (χ3n) is 2.93. The standard InChI is InChI=1S/C13H13N5O2/c1-8-16-9(6-20-8)5-18(2)11-4-3-10-12(17-11)13(19)15-7-14-10/h3-4,6-7H,5H2,1-2H3,(H,14,15,19). The molecule has 3 aromatic heterocycles. The normalized spacial score (nSPS) is 10.9. The quantitative estimate of drug-likeness (QED) is 0.771. The zero-order valence-electron chi connectivity index (χ0n) is 11.1. The summed E-state index contributed by atoms with van der Waals surface area (Å²) in [6.45, 7) is 2.34. The van der Waals surface area contributed by atoms with Gasteiger partial charge in [0.25, 0.3) is 5.56 Å². The van der Waals surface area contributed by atoms with E-state index in [0.717, 1.165) is 5.69 Å². The van der Waals surface area contributed by atoms with E-state index in [1.54, 1.807) is 19.3 Å². The lowest BCUT2D eigenvalue weighted by Crippen LogP contribution is -2.19. The highest BCUT2D eigenvalue weighted by Crippen LogP contribution is 2.15. The van der Waals surface area contributed by atoms with Gasteiger partial charge in [-0.1, -0.05) is 0 Å². The molecule has 0 aromatic carbocycles. The minimum atomic E-state index is -0.248. The summed E-state index contributed by atoms with van der Waals surface area (Å²) in [5.41, 5.74) is 1.46. The molecule has 102 valence electrons. The summed E-state index contributed by atoms with van der Waals surface area (Å²) in [7, 11) is 1.88. The number of hydrogen-bond acceptors (Lipinski definition) is 6. The fraction of sp³-hybridized carbons (Fsp3) is 0.231. The molecule has 20 heavy (non-hydrogen) atoms. The lowest BCUT2D eigenvalue weighted by Gasteiger charge is -2.16. The number of nitrogens with zero attached hydrogens (tertiary/aromatic N) is 4. The molecule has 3 rings (SSSR count). The van der Waals surface area contributed by atoms with Crippen LogP contribution in [0.25, 0.3) is 11.0 Å². The summed E-state index contributed by atoms with van der Waals surface area (Å²) in [6.07, 6.45) is 2.98. The van der Waals surface area contributed by atoms with Crippen LogP contribution in [-0.4, -0.2) is 27.0 Å². The highest BCUT2D eigenvalue weighted by atomic mass is 16.3. The summed E-state index contributed by atoms with van der Waals surface area (Å²) >= 11 is 0. The van der Waals surface area contributed by atoms with Crippen molar-refractivity contribution < 1.29 is 4.42 Å². The fourth-order valence-corrected chi connectivity index (χ4v) is 1.96. The molecule has 0 radical (unpaired) electrons. The van der Waals surface area contributed by atoms with Crippen LogP contribution in [0, 0.1) is 6.92 Å². The smallest absolute Gasteiger partial charge is 0.277 e. The first kappa shape index (κ1) is 12.3. The molecule has 1 N–H and O–H groups in total. The van der Waals surface area contributed by atoms with Crippen molar-refractivity contribution >= 4 is 16.9 Å². The maximum atomic E-state index is 11.7. The fourth-order valence-electron chi connectivity index (χ4n) is 1.96. The molecule has 0 saturated heterocycles. The van der Waals surface area contributed by atoms with Crippen LogP contribution in [0.1, 0.15) is 11.6 Å². The van der Waals surface area contributed by atoms with E-state index < -0.39 is 0 Å². The van der Waals surface area contributed by atoms with Gasteiger partial charge >= 0.3 is 0 Å². The number of rotatable bonds is 3. The molecule has 0 aliphatic carbocycles. The highest BCUT2D eigenvalue weighted by molar-refractivity contribution is 5.74. The van der Waals surface area contributed by atoms with Gasteiger partial charge in [-0.3, -0.25) is 4.79 Å². The van der Waals surface area contributed by atoms with E-state index in [-0.39, 0.29) is 5.56 Å². The molecular formula is C13H13N5O2. The van der Waals surface area contributed by atoms with Crippen molar-refractivity contribution in [3.05, 3.63) is 46.7 Å². The second-order valence-electron chi connectivity index (χ2n) is 4.48. The molecule has 0 bridgehead atoms. The van der Waals surface area contributed by atoms with Gasteiger partial charge in [0.15, 0.2) is 11.4 Å². The SMILES string of the molecule is Cc1nc(CN(C)c2ccc3nc[nH]c(=O)c3n2)co1. The Hall–Kier alpha value is -2.70. The molecule has 0 unspecified atom stereocenters. The molecular weight excluding hydrogens is 258 g/mol. The van der Waals surface area contributed by atoms with E-state index in [1.165, 1.54) is 6.33 Å². The van der Waals surface area contributed by atoms with E-state index in [1.807, 2.05) is 18.0 Å². The number of nitrogens with one attached hydrogen (secondary N) is 1. The number of hydrogen-bond donors (Lipinski definition) is 1. The maximum Gasteiger partial charge on any atom is 0.277 e. The number of anilines is 1. The van der Waals surface area contributed by atoms with Crippen molar-refractivity contribution in [3.63, 3.8) is 0 Å². The zero-order chi connectivity index (χ0) is 14.1. The first-order valence-corrected chi connectivity index (χ1v) is 6.10. The van der Waals surface area contributed by atoms with Crippen LogP contribution in [-0.2, 0) is 6.54 Å². The second kappa shape index (κ2) is 4.76. The number of aryl methyl sites for hydroxylation is 1. The van der Waals surface area contributed by atoms with Crippen LogP contribution in [0.2, 0.25) is 0 Å². The molecule has 0 aliphatic heterocycles. The molecule has 0 saturated carbocycles. The number of H-pyrrole nitrogens is 1. The van der Waals surface area contributed by atoms with Crippen molar-refractivity contribution in [1.82, 2.24) is 19.9 Å². The van der Waals surface area contributed by atoms with Gasteiger partial charge in [0.2, 0.25) is 0 Å². The van der Waals surface area contributed by atoms with Gasteiger partial charge in [-0.2, -0.15) is 0 Å². The Labute approximate surface area is 114 Å². The van der Waals surface area contributed by atoms with E-state index in [2.05, 4.69) is 19.9 Å². The van der Waals surface area contributed by atoms with Gasteiger partial charge in [0.1, 0.15) is 12.1 Å². The van der Waals surface area contributed by atoms with Crippen LogP contribution in [0.3, 0.4) is 0 Å². The molecule has 0 fully saturated rings. The Morgan fingerprint density at radius 3 is 2.95 bits per heavy atom. The number of fused-ring (bicyclic) bond motifs is 1. The van der Waals surface area contributed by atoms with Gasteiger partial charge < -0.3 is 14.3 Å². The average molecular weight is 271 g/mol. The Balaban J connectivity index is 1.93. The van der Waals surface area contributed by atoms with Crippen molar-refractivity contribution in [3.8, 4) is 0 Å². The lowest BCUT2D eigenvalue weighted by molar-refractivity contribution is 0.520. The molecule has 0 atom stereocenters. The predicted octanol–water partition coefficient (Wildman–Crippen LogP) is 1.25. The topological polar surface area (TPSA) is 87.9 Å². The van der Waals surface area contributed by atoms with Crippen molar-refractivity contribution in [2.24, 2.45) is 0 Å². The summed E-state index contributed by atoms with van der Waals surface area (Å²) < 4.78 is 5.17. The van der Waals surface area contributed by atoms with Gasteiger partial charge in [-0.25, -0.2) is 15.0 Å². The molecule has 7 heteroatoms. The van der Waals surface area contributed by atoms with Gasteiger partial charge in [-0.05, 0) is 12.1 Å². The van der Waals surface area contributed by atoms with E-state index in [0.29, 0.717) is 29.3 Å². The monoisotopic (exact) mass is 271 g/mol. The van der Waals surface area contributed by atoms with Gasteiger partial charge in [-0.15, -0.1) is 0 Å². The van der Waals surface area contributed by atoms with Crippen LogP contribution in [0.5, 0.6) is 0 Å². The molecule has 0 spiro atoms. The third-order valence-corrected chi connectivity index (χ3v) is 2.93. The van der Waals surface area contributed by atoms with Crippen LogP contribution in [0.15, 0.2) is 33.9 Å². The maximum absolute atomic E-state index is 11.7. The highest BCUT2D eigenvalue weighted by Gasteiger charge is 2.09. The largest absolute Gasteiger partial charge is 0.449 e. The summed E-state index contributed by atoms with van der Waals surface area (Å²) in [4.78, 5) is 28.8. The Bertz CT molecular complexity index is 808. The van der Waals surface area contributed by atoms with Gasteiger partial charge in [0, 0.05) is 14.0 Å². The Morgan fingerprint density at radius 2 is 2.20 bits per heavy atom. The summed E-state index contributed by atoms with van der Waals surface area (Å²) in [6, 6.07) is 3.60. The molecule has 0 aliphatic rings. The lowest BCUT2D eigenvalue weighted by atomic mass is 10.3. The van der Waals surface area contributed by atoms with Crippen molar-refractivity contribution in [2.75, 3.05) is 11.9 Å².